The van der Waals surface area contributed by atoms with Crippen LogP contribution >= 0.6 is 22.9 Å². The van der Waals surface area contributed by atoms with E-state index in [-0.39, 0.29) is 72.9 Å². The molecular formula is C34H35ClF3N7O2S. The summed E-state index contributed by atoms with van der Waals surface area (Å²) in [6, 6.07) is 6.24. The van der Waals surface area contributed by atoms with Gasteiger partial charge in [-0.2, -0.15) is 15.2 Å². The molecule has 4 N–H and O–H groups in total. The molecule has 4 fully saturated rings. The third-order valence-electron chi connectivity index (χ3n) is 10.9. The third kappa shape index (κ3) is 5.07. The van der Waals surface area contributed by atoms with Crippen molar-refractivity contribution < 1.29 is 23.0 Å². The number of hydrogen-bond acceptors (Lipinski definition) is 10. The maximum absolute atomic E-state index is 17.1. The van der Waals surface area contributed by atoms with E-state index in [1.807, 2.05) is 6.07 Å². The van der Waals surface area contributed by atoms with E-state index in [9.17, 15) is 19.1 Å². The number of aliphatic hydroxyl groups is 1. The van der Waals surface area contributed by atoms with Crippen LogP contribution < -0.4 is 20.7 Å². The zero-order valence-electron chi connectivity index (χ0n) is 26.2. The van der Waals surface area contributed by atoms with Gasteiger partial charge in [-0.05, 0) is 55.8 Å². The summed E-state index contributed by atoms with van der Waals surface area (Å²) in [6.45, 7) is 4.19. The average molecular weight is 698 g/mol. The second-order valence-electron chi connectivity index (χ2n) is 14.0. The van der Waals surface area contributed by atoms with Crippen LogP contribution in [-0.4, -0.2) is 84.2 Å². The summed E-state index contributed by atoms with van der Waals surface area (Å²) in [5.41, 5.74) is 5.74. The van der Waals surface area contributed by atoms with Gasteiger partial charge >= 0.3 is 6.01 Å². The van der Waals surface area contributed by atoms with Crippen molar-refractivity contribution in [3.8, 4) is 23.2 Å². The van der Waals surface area contributed by atoms with Crippen LogP contribution in [0.25, 0.3) is 32.1 Å². The standard InChI is InChI=1S/C34H35ClF3N7O2S/c35-23-8-21-28(27(38)26(23)20-2-3-24(37)29-25(20)22(11-39)30(40)48-29)42-32(47-17-34-5-1-6-45(34)12-19(36)10-34)43-31(21)44-7-4-18(13-46)9-33(16-44)14-41-15-33/h2-3,8,18-19,41,46H,1,4-7,9-10,12-17,40H2/t18?,19-,34+/m1/s1. The lowest BCUT2D eigenvalue weighted by atomic mass is 9.74. The number of nitrogen functional groups attached to an aromatic ring is 1. The molecular weight excluding hydrogens is 663 g/mol. The van der Waals surface area contributed by atoms with Crippen molar-refractivity contribution >= 4 is 54.7 Å². The molecule has 2 aromatic carbocycles. The van der Waals surface area contributed by atoms with Gasteiger partial charge in [0.2, 0.25) is 0 Å². The van der Waals surface area contributed by atoms with E-state index in [1.165, 1.54) is 12.1 Å². The van der Waals surface area contributed by atoms with E-state index in [1.54, 1.807) is 6.07 Å². The van der Waals surface area contributed by atoms with E-state index in [0.717, 1.165) is 50.2 Å². The Morgan fingerprint density at radius 1 is 1.23 bits per heavy atom. The highest BCUT2D eigenvalue weighted by molar-refractivity contribution is 7.23. The summed E-state index contributed by atoms with van der Waals surface area (Å²) >= 11 is 7.82. The molecule has 252 valence electrons. The Labute approximate surface area is 284 Å². The van der Waals surface area contributed by atoms with E-state index in [0.29, 0.717) is 43.7 Å². The van der Waals surface area contributed by atoms with Gasteiger partial charge in [-0.15, -0.1) is 11.3 Å². The van der Waals surface area contributed by atoms with Crippen LogP contribution in [0.5, 0.6) is 6.01 Å². The Kier molecular flexibility index (Phi) is 7.88. The molecule has 0 aliphatic carbocycles. The molecule has 14 heteroatoms. The number of nitrogens with one attached hydrogen (secondary N) is 1. The first kappa shape index (κ1) is 31.8. The first-order valence-electron chi connectivity index (χ1n) is 16.3. The number of nitrogens with zero attached hydrogens (tertiary/aromatic N) is 5. The molecule has 9 nitrogen and oxygen atoms in total. The molecule has 4 aliphatic rings. The molecule has 2 aromatic heterocycles. The second-order valence-corrected chi connectivity index (χ2v) is 15.4. The lowest BCUT2D eigenvalue weighted by molar-refractivity contribution is 0.107. The first-order chi connectivity index (χ1) is 23.1. The molecule has 4 aromatic rings. The predicted octanol–water partition coefficient (Wildman–Crippen LogP) is 5.65. The van der Waals surface area contributed by atoms with E-state index in [2.05, 4.69) is 20.1 Å². The Hall–Kier alpha value is -3.41. The second kappa shape index (κ2) is 11.9. The number of fused-ring (bicyclic) bond motifs is 3. The minimum atomic E-state index is -0.940. The molecule has 3 atom stereocenters. The highest BCUT2D eigenvalue weighted by Gasteiger charge is 2.49. The molecule has 4 saturated heterocycles. The van der Waals surface area contributed by atoms with Crippen molar-refractivity contribution in [1.82, 2.24) is 20.2 Å². The number of anilines is 2. The quantitative estimate of drug-likeness (QED) is 0.235. The minimum absolute atomic E-state index is 0.0290. The number of aromatic nitrogens is 2. The molecule has 48 heavy (non-hydrogen) atoms. The first-order valence-corrected chi connectivity index (χ1v) is 17.5. The number of thiophene rings is 1. The summed E-state index contributed by atoms with van der Waals surface area (Å²) < 4.78 is 53.0. The lowest BCUT2D eigenvalue weighted by Gasteiger charge is -2.45. The van der Waals surface area contributed by atoms with Crippen molar-refractivity contribution in [2.24, 2.45) is 11.3 Å². The van der Waals surface area contributed by atoms with E-state index in [4.69, 9.17) is 27.1 Å². The number of benzene rings is 2. The zero-order chi connectivity index (χ0) is 33.4. The number of hydrogen-bond donors (Lipinski definition) is 3. The van der Waals surface area contributed by atoms with E-state index >= 15 is 4.39 Å². The van der Waals surface area contributed by atoms with Gasteiger partial charge < -0.3 is 25.8 Å². The predicted molar refractivity (Wildman–Crippen MR) is 180 cm³/mol. The topological polar surface area (TPSA) is 124 Å². The summed E-state index contributed by atoms with van der Waals surface area (Å²) in [7, 11) is 0. The number of alkyl halides is 1. The van der Waals surface area contributed by atoms with Crippen molar-refractivity contribution in [2.45, 2.75) is 43.8 Å². The van der Waals surface area contributed by atoms with Crippen LogP contribution in [0, 0.1) is 34.3 Å². The van der Waals surface area contributed by atoms with Crippen LogP contribution in [0.2, 0.25) is 5.02 Å². The smallest absolute Gasteiger partial charge is 0.319 e. The van der Waals surface area contributed by atoms with Crippen LogP contribution in [0.15, 0.2) is 18.2 Å². The van der Waals surface area contributed by atoms with Crippen molar-refractivity contribution in [1.29, 1.82) is 5.26 Å². The molecule has 0 amide bonds. The molecule has 8 rings (SSSR count). The molecule has 0 radical (unpaired) electrons. The minimum Gasteiger partial charge on any atom is -0.461 e. The lowest BCUT2D eigenvalue weighted by Crippen LogP contribution is -2.58. The van der Waals surface area contributed by atoms with Crippen LogP contribution in [0.4, 0.5) is 24.0 Å². The van der Waals surface area contributed by atoms with Gasteiger partial charge in [-0.3, -0.25) is 4.90 Å². The Morgan fingerprint density at radius 2 is 2.06 bits per heavy atom. The number of aliphatic hydroxyl groups excluding tert-OH is 1. The maximum atomic E-state index is 17.1. The number of ether oxygens (including phenoxy) is 1. The Bertz CT molecular complexity index is 1980. The average Bonchev–Trinajstić information content (AvgIpc) is 3.64. The van der Waals surface area contributed by atoms with E-state index < -0.39 is 23.3 Å². The SMILES string of the molecule is N#Cc1c(N)sc2c(F)ccc(-c3c(Cl)cc4c(N5CCC(CO)CC6(CNC6)C5)nc(OC[C@@]56CCCN5C[C@H](F)C6)nc4c3F)c12. The molecule has 0 saturated carbocycles. The zero-order valence-corrected chi connectivity index (χ0v) is 27.7. The van der Waals surface area contributed by atoms with Crippen LogP contribution in [0.3, 0.4) is 0 Å². The van der Waals surface area contributed by atoms with Crippen molar-refractivity contribution in [3.63, 3.8) is 0 Å². The summed E-state index contributed by atoms with van der Waals surface area (Å²) in [6.07, 6.45) is 2.72. The Morgan fingerprint density at radius 3 is 2.81 bits per heavy atom. The summed E-state index contributed by atoms with van der Waals surface area (Å²) in [5, 5.41) is 24.1. The van der Waals surface area contributed by atoms with Crippen molar-refractivity contribution in [3.05, 3.63) is 40.4 Å². The van der Waals surface area contributed by atoms with Gasteiger partial charge in [0.1, 0.15) is 41.0 Å². The molecule has 6 heterocycles. The highest BCUT2D eigenvalue weighted by atomic mass is 35.5. The van der Waals surface area contributed by atoms with Gasteiger partial charge in [0.05, 0.1) is 20.8 Å². The summed E-state index contributed by atoms with van der Waals surface area (Å²) in [4.78, 5) is 13.7. The van der Waals surface area contributed by atoms with Gasteiger partial charge in [0, 0.05) is 67.5 Å². The van der Waals surface area contributed by atoms with Gasteiger partial charge in [0.25, 0.3) is 0 Å². The fourth-order valence-corrected chi connectivity index (χ4v) is 9.78. The molecule has 1 unspecified atom stereocenters. The normalized spacial score (nSPS) is 25.4. The molecule has 4 aliphatic heterocycles. The van der Waals surface area contributed by atoms with Gasteiger partial charge in [-0.25, -0.2) is 13.2 Å². The molecule has 1 spiro atoms. The van der Waals surface area contributed by atoms with Crippen LogP contribution in [0.1, 0.15) is 37.7 Å². The fraction of sp³-hybridized carbons (Fsp3) is 0.500. The Balaban J connectivity index is 1.29. The summed E-state index contributed by atoms with van der Waals surface area (Å²) in [5.74, 6) is -0.760. The van der Waals surface area contributed by atoms with Crippen molar-refractivity contribution in [2.75, 3.05) is 63.1 Å². The van der Waals surface area contributed by atoms with Gasteiger partial charge in [0.15, 0.2) is 5.82 Å². The van der Waals surface area contributed by atoms with Crippen LogP contribution in [-0.2, 0) is 0 Å². The number of nitriles is 1. The molecule has 0 bridgehead atoms. The largest absolute Gasteiger partial charge is 0.461 e. The number of nitrogens with two attached hydrogens (primary N) is 1. The number of rotatable bonds is 6. The maximum Gasteiger partial charge on any atom is 0.319 e. The fourth-order valence-electron chi connectivity index (χ4n) is 8.54. The van der Waals surface area contributed by atoms with Gasteiger partial charge in [-0.1, -0.05) is 17.7 Å². The highest BCUT2D eigenvalue weighted by Crippen LogP contribution is 2.47. The monoisotopic (exact) mass is 697 g/mol. The third-order valence-corrected chi connectivity index (χ3v) is 12.2. The number of halogens is 4.